The number of aliphatic imine (C=N–C) groups is 1. The van der Waals surface area contributed by atoms with E-state index in [1.807, 2.05) is 24.6 Å². The molecule has 1 aromatic heterocycles. The molecule has 3 nitrogen and oxygen atoms in total. The fourth-order valence-corrected chi connectivity index (χ4v) is 2.29. The Morgan fingerprint density at radius 1 is 1.67 bits per heavy atom. The molecule has 0 amide bonds. The summed E-state index contributed by atoms with van der Waals surface area (Å²) in [5.74, 6) is 1.11. The third kappa shape index (κ3) is 2.45. The van der Waals surface area contributed by atoms with Crippen molar-refractivity contribution < 1.29 is 4.79 Å². The molecular formula is C11H14N2OS. The van der Waals surface area contributed by atoms with E-state index in [0.717, 1.165) is 30.2 Å². The molecule has 2 rings (SSSR count). The van der Waals surface area contributed by atoms with Crippen LogP contribution in [0.4, 0.5) is 0 Å². The van der Waals surface area contributed by atoms with Gasteiger partial charge in [-0.3, -0.25) is 9.79 Å². The Morgan fingerprint density at radius 2 is 2.53 bits per heavy atom. The Bertz CT molecular complexity index is 370. The number of Topliss-reactive ketones (excluding diaryl/α,β-unsaturated/α-hetero) is 1. The molecule has 15 heavy (non-hydrogen) atoms. The van der Waals surface area contributed by atoms with Gasteiger partial charge in [0.15, 0.2) is 5.78 Å². The minimum Gasteiger partial charge on any atom is -0.363 e. The lowest BCUT2D eigenvalue weighted by molar-refractivity contribution is 0.100. The van der Waals surface area contributed by atoms with Crippen LogP contribution in [0.1, 0.15) is 22.5 Å². The molecule has 0 unspecified atom stereocenters. The first kappa shape index (κ1) is 10.4. The molecule has 1 aliphatic rings. The van der Waals surface area contributed by atoms with E-state index in [0.29, 0.717) is 6.42 Å². The lowest BCUT2D eigenvalue weighted by atomic mass is 10.2. The predicted octanol–water partition coefficient (Wildman–Crippen LogP) is 2.05. The van der Waals surface area contributed by atoms with Crippen molar-refractivity contribution in [3.8, 4) is 0 Å². The van der Waals surface area contributed by atoms with E-state index in [1.54, 1.807) is 0 Å². The number of ketones is 1. The van der Waals surface area contributed by atoms with Gasteiger partial charge in [-0.1, -0.05) is 6.07 Å². The number of carbonyl (C=O) groups is 1. The summed E-state index contributed by atoms with van der Waals surface area (Å²) in [4.78, 5) is 19.1. The topological polar surface area (TPSA) is 32.7 Å². The number of rotatable bonds is 3. The van der Waals surface area contributed by atoms with Crippen LogP contribution in [0.5, 0.6) is 0 Å². The van der Waals surface area contributed by atoms with E-state index in [-0.39, 0.29) is 5.78 Å². The minimum absolute atomic E-state index is 0.178. The molecule has 0 spiro atoms. The van der Waals surface area contributed by atoms with Gasteiger partial charge in [0, 0.05) is 20.1 Å². The molecule has 0 saturated heterocycles. The summed E-state index contributed by atoms with van der Waals surface area (Å²) in [5.41, 5.74) is 0. The predicted molar refractivity (Wildman–Crippen MR) is 62.8 cm³/mol. The first-order chi connectivity index (χ1) is 7.27. The lowest BCUT2D eigenvalue weighted by Gasteiger charge is -2.24. The molecule has 0 bridgehead atoms. The molecule has 0 radical (unpaired) electrons. The fraction of sp³-hybridized carbons (Fsp3) is 0.455. The number of nitrogens with zero attached hydrogens (tertiary/aromatic N) is 2. The van der Waals surface area contributed by atoms with Gasteiger partial charge in [0.2, 0.25) is 0 Å². The van der Waals surface area contributed by atoms with Gasteiger partial charge in [-0.15, -0.1) is 11.3 Å². The molecule has 0 aromatic carbocycles. The number of carbonyl (C=O) groups excluding carboxylic acids is 1. The molecule has 1 aliphatic heterocycles. The number of hydrogen-bond donors (Lipinski definition) is 0. The average Bonchev–Trinajstić information content (AvgIpc) is 2.74. The largest absolute Gasteiger partial charge is 0.363 e. The van der Waals surface area contributed by atoms with E-state index < -0.39 is 0 Å². The van der Waals surface area contributed by atoms with Crippen molar-refractivity contribution in [3.63, 3.8) is 0 Å². The quantitative estimate of drug-likeness (QED) is 0.733. The summed E-state index contributed by atoms with van der Waals surface area (Å²) in [6.07, 6.45) is 1.53. The van der Waals surface area contributed by atoms with Crippen LogP contribution in [-0.2, 0) is 0 Å². The normalized spacial score (nSPS) is 16.3. The van der Waals surface area contributed by atoms with Crippen LogP contribution in [-0.4, -0.2) is 36.7 Å². The Morgan fingerprint density at radius 3 is 3.20 bits per heavy atom. The lowest BCUT2D eigenvalue weighted by Crippen LogP contribution is -2.33. The summed E-state index contributed by atoms with van der Waals surface area (Å²) >= 11 is 1.50. The smallest absolute Gasteiger partial charge is 0.180 e. The second-order valence-electron chi connectivity index (χ2n) is 3.65. The zero-order valence-electron chi connectivity index (χ0n) is 8.77. The number of hydrogen-bond acceptors (Lipinski definition) is 4. The second-order valence-corrected chi connectivity index (χ2v) is 4.60. The molecule has 2 heterocycles. The second kappa shape index (κ2) is 4.57. The number of thiophene rings is 1. The summed E-state index contributed by atoms with van der Waals surface area (Å²) in [5, 5.41) is 1.93. The van der Waals surface area contributed by atoms with Gasteiger partial charge in [0.25, 0.3) is 0 Å². The molecule has 4 heteroatoms. The highest BCUT2D eigenvalue weighted by Crippen LogP contribution is 2.13. The van der Waals surface area contributed by atoms with Crippen LogP contribution in [0.2, 0.25) is 0 Å². The molecule has 1 aromatic rings. The van der Waals surface area contributed by atoms with Crippen LogP contribution in [0.3, 0.4) is 0 Å². The molecule has 0 fully saturated rings. The van der Waals surface area contributed by atoms with Crippen molar-refractivity contribution in [2.45, 2.75) is 12.8 Å². The van der Waals surface area contributed by atoms with Gasteiger partial charge < -0.3 is 4.90 Å². The van der Waals surface area contributed by atoms with Crippen LogP contribution in [0.15, 0.2) is 22.5 Å². The van der Waals surface area contributed by atoms with Crippen molar-refractivity contribution in [1.82, 2.24) is 4.90 Å². The molecule has 0 aliphatic carbocycles. The standard InChI is InChI=1S/C11H14N2OS/c1-13-6-3-5-12-11(13)8-9(14)10-4-2-7-15-10/h2,4,7H,3,5-6,8H2,1H3. The summed E-state index contributed by atoms with van der Waals surface area (Å²) in [7, 11) is 2.00. The maximum atomic E-state index is 11.8. The SMILES string of the molecule is CN1CCCN=C1CC(=O)c1cccs1. The highest BCUT2D eigenvalue weighted by molar-refractivity contribution is 7.12. The molecule has 80 valence electrons. The summed E-state index contributed by atoms with van der Waals surface area (Å²) in [6.45, 7) is 1.87. The van der Waals surface area contributed by atoms with Gasteiger partial charge in [-0.2, -0.15) is 0 Å². The summed E-state index contributed by atoms with van der Waals surface area (Å²) < 4.78 is 0. The zero-order chi connectivity index (χ0) is 10.7. The maximum Gasteiger partial charge on any atom is 0.180 e. The summed E-state index contributed by atoms with van der Waals surface area (Å²) in [6, 6.07) is 3.78. The van der Waals surface area contributed by atoms with Crippen molar-refractivity contribution in [3.05, 3.63) is 22.4 Å². The van der Waals surface area contributed by atoms with Crippen LogP contribution >= 0.6 is 11.3 Å². The van der Waals surface area contributed by atoms with Gasteiger partial charge in [-0.05, 0) is 17.9 Å². The Labute approximate surface area is 93.4 Å². The minimum atomic E-state index is 0.178. The van der Waals surface area contributed by atoms with Crippen molar-refractivity contribution in [2.75, 3.05) is 20.1 Å². The molecular weight excluding hydrogens is 208 g/mol. The van der Waals surface area contributed by atoms with E-state index in [4.69, 9.17) is 0 Å². The first-order valence-electron chi connectivity index (χ1n) is 5.08. The molecule has 0 saturated carbocycles. The van der Waals surface area contributed by atoms with Gasteiger partial charge in [0.1, 0.15) is 5.84 Å². The zero-order valence-corrected chi connectivity index (χ0v) is 9.59. The van der Waals surface area contributed by atoms with Crippen LogP contribution < -0.4 is 0 Å². The third-order valence-electron chi connectivity index (χ3n) is 2.50. The van der Waals surface area contributed by atoms with E-state index >= 15 is 0 Å². The highest BCUT2D eigenvalue weighted by atomic mass is 32.1. The Kier molecular flexibility index (Phi) is 3.16. The molecule has 0 N–H and O–H groups in total. The maximum absolute atomic E-state index is 11.8. The van der Waals surface area contributed by atoms with Crippen molar-refractivity contribution in [1.29, 1.82) is 0 Å². The van der Waals surface area contributed by atoms with Gasteiger partial charge >= 0.3 is 0 Å². The monoisotopic (exact) mass is 222 g/mol. The van der Waals surface area contributed by atoms with Gasteiger partial charge in [-0.25, -0.2) is 0 Å². The fourth-order valence-electron chi connectivity index (χ4n) is 1.62. The van der Waals surface area contributed by atoms with E-state index in [9.17, 15) is 4.79 Å². The third-order valence-corrected chi connectivity index (χ3v) is 3.41. The average molecular weight is 222 g/mol. The highest BCUT2D eigenvalue weighted by Gasteiger charge is 2.16. The first-order valence-corrected chi connectivity index (χ1v) is 5.96. The van der Waals surface area contributed by atoms with E-state index in [1.165, 1.54) is 11.3 Å². The van der Waals surface area contributed by atoms with Crippen molar-refractivity contribution in [2.24, 2.45) is 4.99 Å². The Balaban J connectivity index is 2.03. The molecule has 0 atom stereocenters. The number of amidine groups is 1. The van der Waals surface area contributed by atoms with Gasteiger partial charge in [0.05, 0.1) is 11.3 Å². The van der Waals surface area contributed by atoms with Crippen LogP contribution in [0.25, 0.3) is 0 Å². The Hall–Kier alpha value is -1.16. The van der Waals surface area contributed by atoms with Crippen LogP contribution in [0, 0.1) is 0 Å². The van der Waals surface area contributed by atoms with E-state index in [2.05, 4.69) is 9.89 Å². The van der Waals surface area contributed by atoms with Crippen molar-refractivity contribution >= 4 is 23.0 Å².